The molecule has 3 N–H and O–H groups in total. The first-order chi connectivity index (χ1) is 11.7. The molecule has 1 fully saturated rings. The molecule has 1 aromatic carbocycles. The van der Waals surface area contributed by atoms with Gasteiger partial charge in [0.25, 0.3) is 0 Å². The first-order valence-electron chi connectivity index (χ1n) is 8.58. The van der Waals surface area contributed by atoms with E-state index in [1.807, 2.05) is 30.3 Å². The Morgan fingerprint density at radius 2 is 1.92 bits per heavy atom. The fourth-order valence-electron chi connectivity index (χ4n) is 3.24. The van der Waals surface area contributed by atoms with E-state index in [1.165, 1.54) is 17.7 Å². The number of hydrogen-bond donors (Lipinski definition) is 2. The predicted molar refractivity (Wildman–Crippen MR) is 98.9 cm³/mol. The van der Waals surface area contributed by atoms with Gasteiger partial charge in [0.2, 0.25) is 5.91 Å². The number of nitrogens with two attached hydrogens (primary N) is 1. The minimum Gasteiger partial charge on any atom is -0.354 e. The molecule has 2 aromatic rings. The second kappa shape index (κ2) is 8.42. The molecule has 1 aliphatic heterocycles. The van der Waals surface area contributed by atoms with Crippen molar-refractivity contribution in [2.24, 2.45) is 5.73 Å². The molecule has 3 rings (SSSR count). The van der Waals surface area contributed by atoms with Crippen LogP contribution in [0.5, 0.6) is 0 Å². The number of thiophene rings is 1. The first-order valence-corrected chi connectivity index (χ1v) is 9.46. The molecule has 1 aliphatic rings. The maximum atomic E-state index is 12.3. The van der Waals surface area contributed by atoms with Crippen molar-refractivity contribution in [3.8, 4) is 0 Å². The molecule has 0 bridgehead atoms. The van der Waals surface area contributed by atoms with Crippen LogP contribution in [0.25, 0.3) is 0 Å². The van der Waals surface area contributed by atoms with Gasteiger partial charge >= 0.3 is 0 Å². The molecule has 1 aromatic heterocycles. The number of rotatable bonds is 7. The molecule has 24 heavy (non-hydrogen) atoms. The van der Waals surface area contributed by atoms with E-state index in [0.717, 1.165) is 18.7 Å². The molecule has 0 radical (unpaired) electrons. The van der Waals surface area contributed by atoms with Gasteiger partial charge in [0.1, 0.15) is 0 Å². The number of hydrogen-bond acceptors (Lipinski definition) is 4. The topological polar surface area (TPSA) is 58.4 Å². The summed E-state index contributed by atoms with van der Waals surface area (Å²) in [4.78, 5) is 16.1. The van der Waals surface area contributed by atoms with E-state index >= 15 is 0 Å². The lowest BCUT2D eigenvalue weighted by atomic mass is 10.0. The van der Waals surface area contributed by atoms with Crippen molar-refractivity contribution in [2.75, 3.05) is 19.6 Å². The summed E-state index contributed by atoms with van der Waals surface area (Å²) < 4.78 is 0. The van der Waals surface area contributed by atoms with Crippen LogP contribution in [0.2, 0.25) is 0 Å². The van der Waals surface area contributed by atoms with Gasteiger partial charge in [-0.05, 0) is 42.9 Å². The number of nitrogens with zero attached hydrogens (tertiary/aromatic N) is 1. The molecule has 0 aliphatic carbocycles. The van der Waals surface area contributed by atoms with Crippen molar-refractivity contribution in [1.29, 1.82) is 0 Å². The van der Waals surface area contributed by atoms with Gasteiger partial charge in [-0.25, -0.2) is 0 Å². The van der Waals surface area contributed by atoms with E-state index in [4.69, 9.17) is 5.73 Å². The van der Waals surface area contributed by atoms with E-state index in [0.29, 0.717) is 13.0 Å². The van der Waals surface area contributed by atoms with E-state index < -0.39 is 0 Å². The number of carbonyl (C=O) groups excluding carboxylic acids is 1. The monoisotopic (exact) mass is 343 g/mol. The Morgan fingerprint density at radius 1 is 1.17 bits per heavy atom. The van der Waals surface area contributed by atoms with Crippen LogP contribution in [0.4, 0.5) is 0 Å². The standard InChI is InChI=1S/C19H25N3OS/c20-16(15-7-2-1-3-8-15)13-19(23)21-14-17(18-9-6-12-24-18)22-10-4-5-11-22/h1-3,6-9,12,16-17H,4-5,10-11,13-14,20H2,(H,21,23). The van der Waals surface area contributed by atoms with Crippen LogP contribution in [0.15, 0.2) is 47.8 Å². The molecule has 2 atom stereocenters. The molecule has 4 nitrogen and oxygen atoms in total. The predicted octanol–water partition coefficient (Wildman–Crippen LogP) is 3.09. The number of amides is 1. The third kappa shape index (κ3) is 4.44. The number of nitrogens with one attached hydrogen (secondary N) is 1. The van der Waals surface area contributed by atoms with E-state index in [2.05, 4.69) is 27.7 Å². The van der Waals surface area contributed by atoms with Gasteiger partial charge in [-0.3, -0.25) is 9.69 Å². The Hall–Kier alpha value is -1.69. The zero-order valence-corrected chi connectivity index (χ0v) is 14.7. The van der Waals surface area contributed by atoms with E-state index in [-0.39, 0.29) is 18.0 Å². The molecular formula is C19H25N3OS. The highest BCUT2D eigenvalue weighted by atomic mass is 32.1. The van der Waals surface area contributed by atoms with Crippen LogP contribution in [-0.4, -0.2) is 30.4 Å². The van der Waals surface area contributed by atoms with Crippen LogP contribution in [0, 0.1) is 0 Å². The van der Waals surface area contributed by atoms with Crippen molar-refractivity contribution in [2.45, 2.75) is 31.3 Å². The van der Waals surface area contributed by atoms with Crippen LogP contribution in [0.3, 0.4) is 0 Å². The molecule has 1 saturated heterocycles. The number of carbonyl (C=O) groups is 1. The largest absolute Gasteiger partial charge is 0.354 e. The average molecular weight is 343 g/mol. The Bertz CT molecular complexity index is 623. The summed E-state index contributed by atoms with van der Waals surface area (Å²) in [5.41, 5.74) is 7.15. The molecule has 5 heteroatoms. The zero-order chi connectivity index (χ0) is 16.8. The first kappa shape index (κ1) is 17.1. The SMILES string of the molecule is NC(CC(=O)NCC(c1cccs1)N1CCCC1)c1ccccc1. The van der Waals surface area contributed by atoms with Gasteiger partial charge in [0, 0.05) is 23.9 Å². The smallest absolute Gasteiger partial charge is 0.221 e. The number of benzene rings is 1. The summed E-state index contributed by atoms with van der Waals surface area (Å²) >= 11 is 1.76. The van der Waals surface area contributed by atoms with Crippen molar-refractivity contribution in [3.63, 3.8) is 0 Å². The molecule has 128 valence electrons. The van der Waals surface area contributed by atoms with Crippen LogP contribution < -0.4 is 11.1 Å². The molecule has 2 unspecified atom stereocenters. The summed E-state index contributed by atoms with van der Waals surface area (Å²) in [6.45, 7) is 2.88. The Balaban J connectivity index is 1.55. The Morgan fingerprint density at radius 3 is 2.58 bits per heavy atom. The van der Waals surface area contributed by atoms with Gasteiger partial charge in [-0.2, -0.15) is 0 Å². The maximum Gasteiger partial charge on any atom is 0.221 e. The van der Waals surface area contributed by atoms with Crippen LogP contribution in [-0.2, 0) is 4.79 Å². The lowest BCUT2D eigenvalue weighted by Gasteiger charge is -2.27. The summed E-state index contributed by atoms with van der Waals surface area (Å²) in [5, 5.41) is 5.20. The highest BCUT2D eigenvalue weighted by Crippen LogP contribution is 2.27. The van der Waals surface area contributed by atoms with Gasteiger partial charge < -0.3 is 11.1 Å². The van der Waals surface area contributed by atoms with Gasteiger partial charge in [-0.1, -0.05) is 36.4 Å². The zero-order valence-electron chi connectivity index (χ0n) is 13.9. The molecule has 0 spiro atoms. The minimum absolute atomic E-state index is 0.0205. The molecule has 1 amide bonds. The van der Waals surface area contributed by atoms with E-state index in [1.54, 1.807) is 11.3 Å². The molecular weight excluding hydrogens is 318 g/mol. The number of likely N-dealkylation sites (tertiary alicyclic amines) is 1. The maximum absolute atomic E-state index is 12.3. The lowest BCUT2D eigenvalue weighted by molar-refractivity contribution is -0.121. The highest BCUT2D eigenvalue weighted by molar-refractivity contribution is 7.10. The van der Waals surface area contributed by atoms with Gasteiger partial charge in [-0.15, -0.1) is 11.3 Å². The highest BCUT2D eigenvalue weighted by Gasteiger charge is 2.24. The van der Waals surface area contributed by atoms with Crippen LogP contribution >= 0.6 is 11.3 Å². The van der Waals surface area contributed by atoms with Crippen molar-refractivity contribution >= 4 is 17.2 Å². The quantitative estimate of drug-likeness (QED) is 0.812. The Labute approximate surface area is 147 Å². The van der Waals surface area contributed by atoms with E-state index in [9.17, 15) is 4.79 Å². The van der Waals surface area contributed by atoms with Crippen molar-refractivity contribution < 1.29 is 4.79 Å². The van der Waals surface area contributed by atoms with Gasteiger partial charge in [0.15, 0.2) is 0 Å². The normalized spacial score (nSPS) is 17.5. The third-order valence-corrected chi connectivity index (χ3v) is 5.55. The summed E-state index contributed by atoms with van der Waals surface area (Å²) in [7, 11) is 0. The second-order valence-corrected chi connectivity index (χ2v) is 7.28. The Kier molecular flexibility index (Phi) is 6.01. The van der Waals surface area contributed by atoms with Crippen molar-refractivity contribution in [1.82, 2.24) is 10.2 Å². The fourth-order valence-corrected chi connectivity index (χ4v) is 4.11. The van der Waals surface area contributed by atoms with Crippen molar-refractivity contribution in [3.05, 3.63) is 58.3 Å². The summed E-state index contributed by atoms with van der Waals surface area (Å²) in [6.07, 6.45) is 2.81. The molecule has 0 saturated carbocycles. The fraction of sp³-hybridized carbons (Fsp3) is 0.421. The van der Waals surface area contributed by atoms with Crippen LogP contribution in [0.1, 0.15) is 41.8 Å². The summed E-state index contributed by atoms with van der Waals surface area (Å²) in [5.74, 6) is 0.0205. The average Bonchev–Trinajstić information content (AvgIpc) is 3.30. The van der Waals surface area contributed by atoms with Gasteiger partial charge in [0.05, 0.1) is 6.04 Å². The minimum atomic E-state index is -0.252. The third-order valence-electron chi connectivity index (χ3n) is 4.58. The lowest BCUT2D eigenvalue weighted by Crippen LogP contribution is -2.37. The molecule has 2 heterocycles. The second-order valence-electron chi connectivity index (χ2n) is 6.30. The summed E-state index contributed by atoms with van der Waals surface area (Å²) in [6, 6.07) is 14.1.